The zero-order chi connectivity index (χ0) is 31.4. The first kappa shape index (κ1) is 33.3. The first-order valence-corrected chi connectivity index (χ1v) is 14.5. The van der Waals surface area contributed by atoms with Gasteiger partial charge in [0.05, 0.1) is 20.1 Å². The van der Waals surface area contributed by atoms with Crippen molar-refractivity contribution in [3.8, 4) is 11.5 Å². The summed E-state index contributed by atoms with van der Waals surface area (Å²) in [5.41, 5.74) is 3.93. The number of carbonyl (C=O) groups excluding carboxylic acids is 4. The number of ether oxygens (including phenoxy) is 4. The minimum atomic E-state index is -0.651. The van der Waals surface area contributed by atoms with Gasteiger partial charge in [-0.1, -0.05) is 42.0 Å². The lowest BCUT2D eigenvalue weighted by Gasteiger charge is -2.19. The quantitative estimate of drug-likeness (QED) is 0.130. The number of benzene rings is 2. The van der Waals surface area contributed by atoms with E-state index in [0.717, 1.165) is 29.7 Å². The van der Waals surface area contributed by atoms with E-state index in [1.165, 1.54) is 7.11 Å². The number of amides is 1. The van der Waals surface area contributed by atoms with Crippen LogP contribution in [0.1, 0.15) is 71.6 Å². The van der Waals surface area contributed by atoms with Crippen LogP contribution in [0.2, 0.25) is 0 Å². The lowest BCUT2D eigenvalue weighted by atomic mass is 9.94. The molecule has 1 aliphatic rings. The number of rotatable bonds is 16. The van der Waals surface area contributed by atoms with Gasteiger partial charge in [0.1, 0.15) is 17.9 Å². The van der Waals surface area contributed by atoms with Gasteiger partial charge in [-0.25, -0.2) is 4.79 Å². The number of cyclic esters (lactones) is 1. The van der Waals surface area contributed by atoms with Crippen molar-refractivity contribution >= 4 is 23.8 Å². The summed E-state index contributed by atoms with van der Waals surface area (Å²) < 4.78 is 22.1. The molecule has 0 saturated heterocycles. The second kappa shape index (κ2) is 16.5. The maximum absolute atomic E-state index is 12.9. The maximum Gasteiger partial charge on any atom is 0.342 e. The third-order valence-electron chi connectivity index (χ3n) is 7.12. The van der Waals surface area contributed by atoms with E-state index in [9.17, 15) is 19.2 Å². The van der Waals surface area contributed by atoms with Crippen molar-refractivity contribution in [2.24, 2.45) is 0 Å². The van der Waals surface area contributed by atoms with Crippen molar-refractivity contribution in [1.29, 1.82) is 0 Å². The number of carbonyl (C=O) groups is 4. The second-order valence-corrected chi connectivity index (χ2v) is 10.8. The molecule has 0 saturated carbocycles. The molecule has 10 nitrogen and oxygen atoms in total. The Kier molecular flexibility index (Phi) is 12.8. The highest BCUT2D eigenvalue weighted by molar-refractivity contribution is 5.99. The standard InChI is InChI=1S/C33H42N2O8/c1-22(13-16-28(37)41-19-9-18-35(3)4)12-14-25-31(40-5)23(2)26-21-42-33(39)30(26)32(25)43-29(38)17-15-27(36)34-20-24-10-7-6-8-11-24/h6-8,10-12H,9,13-21H2,1-5H3,(H,34,36). The van der Waals surface area contributed by atoms with Crippen LogP contribution in [0.25, 0.3) is 0 Å². The van der Waals surface area contributed by atoms with E-state index in [-0.39, 0.29) is 55.5 Å². The molecule has 0 radical (unpaired) electrons. The number of methoxy groups -OCH3 is 1. The van der Waals surface area contributed by atoms with Gasteiger partial charge in [0.15, 0.2) is 5.75 Å². The molecule has 0 aliphatic carbocycles. The molecular weight excluding hydrogens is 552 g/mol. The fourth-order valence-electron chi connectivity index (χ4n) is 4.70. The largest absolute Gasteiger partial charge is 0.496 e. The van der Waals surface area contributed by atoms with E-state index in [4.69, 9.17) is 18.9 Å². The number of nitrogens with one attached hydrogen (secondary N) is 1. The van der Waals surface area contributed by atoms with Crippen LogP contribution in [0.3, 0.4) is 0 Å². The van der Waals surface area contributed by atoms with Gasteiger partial charge in [-0.05, 0) is 58.3 Å². The van der Waals surface area contributed by atoms with E-state index < -0.39 is 11.9 Å². The number of esters is 3. The van der Waals surface area contributed by atoms with Gasteiger partial charge in [-0.2, -0.15) is 0 Å². The highest BCUT2D eigenvalue weighted by Crippen LogP contribution is 2.43. The van der Waals surface area contributed by atoms with Crippen LogP contribution in [-0.2, 0) is 43.4 Å². The third-order valence-corrected chi connectivity index (χ3v) is 7.12. The molecule has 0 spiro atoms. The Morgan fingerprint density at radius 3 is 2.44 bits per heavy atom. The zero-order valence-corrected chi connectivity index (χ0v) is 25.7. The molecule has 3 rings (SSSR count). The van der Waals surface area contributed by atoms with Gasteiger partial charge >= 0.3 is 17.9 Å². The van der Waals surface area contributed by atoms with Crippen LogP contribution in [0.15, 0.2) is 42.0 Å². The Labute approximate surface area is 253 Å². The molecule has 0 fully saturated rings. The molecule has 0 bridgehead atoms. The summed E-state index contributed by atoms with van der Waals surface area (Å²) in [6.45, 7) is 5.36. The first-order valence-electron chi connectivity index (χ1n) is 14.5. The van der Waals surface area contributed by atoms with Crippen molar-refractivity contribution < 1.29 is 38.1 Å². The average Bonchev–Trinajstić information content (AvgIpc) is 3.38. The molecule has 2 aromatic rings. The highest BCUT2D eigenvalue weighted by atomic mass is 16.6. The number of hydrogen-bond acceptors (Lipinski definition) is 9. The fourth-order valence-corrected chi connectivity index (χ4v) is 4.70. The second-order valence-electron chi connectivity index (χ2n) is 10.8. The summed E-state index contributed by atoms with van der Waals surface area (Å²) in [5.74, 6) is -1.21. The molecule has 232 valence electrons. The predicted molar refractivity (Wildman–Crippen MR) is 161 cm³/mol. The molecule has 1 heterocycles. The van der Waals surface area contributed by atoms with Crippen molar-refractivity contribution in [2.75, 3.05) is 34.4 Å². The van der Waals surface area contributed by atoms with Crippen LogP contribution in [0, 0.1) is 6.92 Å². The van der Waals surface area contributed by atoms with Crippen molar-refractivity contribution in [3.05, 3.63) is 69.8 Å². The van der Waals surface area contributed by atoms with E-state index in [1.807, 2.05) is 69.3 Å². The third kappa shape index (κ3) is 9.95. The Hall–Kier alpha value is -4.18. The molecule has 1 N–H and O–H groups in total. The van der Waals surface area contributed by atoms with E-state index in [2.05, 4.69) is 5.32 Å². The predicted octanol–water partition coefficient (Wildman–Crippen LogP) is 4.44. The van der Waals surface area contributed by atoms with Gasteiger partial charge in [-0.3, -0.25) is 14.4 Å². The topological polar surface area (TPSA) is 120 Å². The summed E-state index contributed by atoms with van der Waals surface area (Å²) in [5, 5.41) is 2.79. The van der Waals surface area contributed by atoms with Gasteiger partial charge in [0, 0.05) is 37.1 Å². The lowest BCUT2D eigenvalue weighted by molar-refractivity contribution is -0.143. The lowest BCUT2D eigenvalue weighted by Crippen LogP contribution is -2.24. The average molecular weight is 595 g/mol. The number of fused-ring (bicyclic) bond motifs is 1. The smallest absolute Gasteiger partial charge is 0.342 e. The molecular formula is C33H42N2O8. The Balaban J connectivity index is 1.69. The van der Waals surface area contributed by atoms with Gasteiger partial charge in [0.2, 0.25) is 5.91 Å². The molecule has 1 amide bonds. The van der Waals surface area contributed by atoms with Crippen LogP contribution in [0.5, 0.6) is 11.5 Å². The number of allylic oxidation sites excluding steroid dienone is 2. The molecule has 0 aromatic heterocycles. The van der Waals surface area contributed by atoms with Crippen LogP contribution < -0.4 is 14.8 Å². The summed E-state index contributed by atoms with van der Waals surface area (Å²) in [6, 6.07) is 9.46. The zero-order valence-electron chi connectivity index (χ0n) is 25.7. The van der Waals surface area contributed by atoms with Crippen LogP contribution >= 0.6 is 0 Å². The Bertz CT molecular complexity index is 1330. The minimum absolute atomic E-state index is 0.0502. The first-order chi connectivity index (χ1) is 20.6. The Morgan fingerprint density at radius 2 is 1.74 bits per heavy atom. The van der Waals surface area contributed by atoms with Crippen molar-refractivity contribution in [2.45, 2.75) is 65.5 Å². The minimum Gasteiger partial charge on any atom is -0.496 e. The molecule has 0 unspecified atom stereocenters. The summed E-state index contributed by atoms with van der Waals surface area (Å²) in [6.07, 6.45) is 3.46. The molecule has 10 heteroatoms. The van der Waals surface area contributed by atoms with Crippen molar-refractivity contribution in [3.63, 3.8) is 0 Å². The van der Waals surface area contributed by atoms with E-state index in [1.54, 1.807) is 0 Å². The number of hydrogen-bond donors (Lipinski definition) is 1. The van der Waals surface area contributed by atoms with Crippen molar-refractivity contribution in [1.82, 2.24) is 10.2 Å². The molecule has 43 heavy (non-hydrogen) atoms. The van der Waals surface area contributed by atoms with Gasteiger partial charge in [-0.15, -0.1) is 0 Å². The molecule has 2 aromatic carbocycles. The summed E-state index contributed by atoms with van der Waals surface area (Å²) in [7, 11) is 5.45. The summed E-state index contributed by atoms with van der Waals surface area (Å²) >= 11 is 0. The fraction of sp³-hybridized carbons (Fsp3) is 0.455. The monoisotopic (exact) mass is 594 g/mol. The maximum atomic E-state index is 12.9. The Morgan fingerprint density at radius 1 is 1.02 bits per heavy atom. The summed E-state index contributed by atoms with van der Waals surface area (Å²) in [4.78, 5) is 52.2. The highest BCUT2D eigenvalue weighted by Gasteiger charge is 2.34. The molecule has 1 aliphatic heterocycles. The van der Waals surface area contributed by atoms with Crippen LogP contribution in [0.4, 0.5) is 0 Å². The number of nitrogens with zero attached hydrogens (tertiary/aromatic N) is 1. The normalized spacial score (nSPS) is 12.5. The van der Waals surface area contributed by atoms with Gasteiger partial charge in [0.25, 0.3) is 0 Å². The van der Waals surface area contributed by atoms with E-state index in [0.29, 0.717) is 36.4 Å². The molecule has 0 atom stereocenters. The van der Waals surface area contributed by atoms with Crippen LogP contribution in [-0.4, -0.2) is 63.1 Å². The van der Waals surface area contributed by atoms with E-state index >= 15 is 0 Å². The SMILES string of the molecule is COc1c(C)c2c(c(OC(=O)CCC(=O)NCc3ccccc3)c1CC=C(C)CCC(=O)OCCCN(C)C)C(=O)OC2. The van der Waals surface area contributed by atoms with Gasteiger partial charge < -0.3 is 29.2 Å².